The van der Waals surface area contributed by atoms with Gasteiger partial charge in [-0.3, -0.25) is 24.8 Å². The molecule has 0 spiro atoms. The van der Waals surface area contributed by atoms with Crippen molar-refractivity contribution < 1.29 is 73.1 Å². The van der Waals surface area contributed by atoms with E-state index in [1.165, 1.54) is 17.7 Å². The minimum absolute atomic E-state index is 0. The number of halogens is 2. The van der Waals surface area contributed by atoms with E-state index in [1.807, 2.05) is 152 Å². The number of ether oxygens (including phenoxy) is 5. The molecule has 14 nitrogen and oxygen atoms in total. The number of ketones is 1. The zero-order chi connectivity index (χ0) is 72.7. The van der Waals surface area contributed by atoms with Crippen molar-refractivity contribution in [3.8, 4) is 0 Å². The van der Waals surface area contributed by atoms with Crippen LogP contribution in [0.15, 0.2) is 132 Å². The number of benzene rings is 4. The number of fused-ring (bicyclic) bond motifs is 5. The number of allylic oxidation sites excluding steroid dienone is 1. The summed E-state index contributed by atoms with van der Waals surface area (Å²) in [6.45, 7) is 31.0. The average molecular weight is 1600 g/mol. The highest BCUT2D eigenvalue weighted by Gasteiger charge is 2.43. The van der Waals surface area contributed by atoms with Gasteiger partial charge in [0, 0.05) is 90.4 Å². The summed E-state index contributed by atoms with van der Waals surface area (Å²) in [4.78, 5) is 49.1. The third kappa shape index (κ3) is 36.2. The number of thiocarbonyl (C=S) groups is 2. The summed E-state index contributed by atoms with van der Waals surface area (Å²) in [6.07, 6.45) is 9.18. The van der Waals surface area contributed by atoms with E-state index < -0.39 is 12.2 Å². The number of esters is 2. The number of rotatable bonds is 40. The number of thioether (sulfide) groups is 3. The minimum Gasteiger partial charge on any atom is -1.00 e. The zero-order valence-electron chi connectivity index (χ0n) is 61.3. The second-order valence-electron chi connectivity index (χ2n) is 26.8. The number of hydrogen-bond donors (Lipinski definition) is 2. The van der Waals surface area contributed by atoms with E-state index >= 15 is 0 Å². The highest BCUT2D eigenvalue weighted by Crippen LogP contribution is 2.50. The van der Waals surface area contributed by atoms with Crippen LogP contribution in [0.1, 0.15) is 192 Å². The molecule has 101 heavy (non-hydrogen) atoms. The molecule has 0 saturated carbocycles. The van der Waals surface area contributed by atoms with Crippen LogP contribution in [0.4, 0.5) is 4.79 Å². The Balaban J connectivity index is 0.000000676. The van der Waals surface area contributed by atoms with E-state index in [9.17, 15) is 19.2 Å². The first-order valence-corrected chi connectivity index (χ1v) is 43.0. The predicted octanol–water partition coefficient (Wildman–Crippen LogP) is 12.8. The zero-order valence-corrected chi connectivity index (χ0v) is 70.2. The molecule has 3 N–H and O–H groups in total. The molecule has 1 heterocycles. The van der Waals surface area contributed by atoms with E-state index in [0.717, 1.165) is 103 Å². The highest BCUT2D eigenvalue weighted by atomic mass is 35.5. The summed E-state index contributed by atoms with van der Waals surface area (Å²) in [5.74, 6) is 4.82. The first-order valence-electron chi connectivity index (χ1n) is 34.2. The van der Waals surface area contributed by atoms with Crippen molar-refractivity contribution >= 4 is 141 Å². The highest BCUT2D eigenvalue weighted by molar-refractivity contribution is 8.77. The third-order valence-electron chi connectivity index (χ3n) is 16.9. The second kappa shape index (κ2) is 51.1. The van der Waals surface area contributed by atoms with Gasteiger partial charge in [-0.25, -0.2) is 4.79 Å². The molecule has 5 atom stereocenters. The number of carbonyl (C=O) groups is 4. The Morgan fingerprint density at radius 1 is 0.584 bits per heavy atom. The molecule has 1 aliphatic heterocycles. The Hall–Kier alpha value is -3.30. The fraction of sp³-hybridized carbons (Fsp3) is 0.566. The first kappa shape index (κ1) is 93.8. The summed E-state index contributed by atoms with van der Waals surface area (Å²) in [7, 11) is 7.39. The minimum atomic E-state index is -0.532. The van der Waals surface area contributed by atoms with Crippen molar-refractivity contribution in [1.29, 1.82) is 0 Å². The first-order chi connectivity index (χ1) is 47.2. The van der Waals surface area contributed by atoms with E-state index in [2.05, 4.69) is 97.6 Å². The molecule has 1 amide bonds. The number of hydrogen-bond acceptors (Lipinski definition) is 21. The lowest BCUT2D eigenvalue weighted by Crippen LogP contribution is -3.00. The normalized spacial score (nSPS) is 15.5. The third-order valence-corrected chi connectivity index (χ3v) is 26.8. The van der Waals surface area contributed by atoms with Crippen LogP contribution in [0, 0.1) is 10.8 Å². The summed E-state index contributed by atoms with van der Waals surface area (Å²) >= 11 is 16.5. The Labute approximate surface area is 656 Å². The van der Waals surface area contributed by atoms with Gasteiger partial charge in [0.25, 0.3) is 0 Å². The fourth-order valence-corrected chi connectivity index (χ4v) is 17.9. The van der Waals surface area contributed by atoms with Gasteiger partial charge in [0.15, 0.2) is 0 Å². The molecule has 25 heteroatoms. The maximum atomic E-state index is 13.2. The number of nitrogens with one attached hydrogen (secondary N) is 1. The predicted molar refractivity (Wildman–Crippen MR) is 434 cm³/mol. The van der Waals surface area contributed by atoms with Gasteiger partial charge in [-0.1, -0.05) is 229 Å². The Morgan fingerprint density at radius 2 is 1.07 bits per heavy atom. The molecule has 6 rings (SSSR count). The van der Waals surface area contributed by atoms with E-state index in [-0.39, 0.29) is 88.0 Å². The quantitative estimate of drug-likeness (QED) is 0.00816. The summed E-state index contributed by atoms with van der Waals surface area (Å²) < 4.78 is 29.7. The number of carbonyl (C=O) groups excluding carboxylic acids is 4. The van der Waals surface area contributed by atoms with E-state index in [4.69, 9.17) is 58.6 Å². The van der Waals surface area contributed by atoms with Crippen LogP contribution in [0.25, 0.3) is 0 Å². The van der Waals surface area contributed by atoms with Crippen molar-refractivity contribution in [2.24, 2.45) is 21.2 Å². The van der Waals surface area contributed by atoms with Gasteiger partial charge in [-0.15, -0.1) is 30.1 Å². The smallest absolute Gasteiger partial charge is 0.407 e. The lowest BCUT2D eigenvalue weighted by atomic mass is 9.78. The Kier molecular flexibility index (Phi) is 47.4. The second-order valence-corrected chi connectivity index (χ2v) is 37.6. The maximum Gasteiger partial charge on any atom is 0.407 e. The molecule has 0 radical (unpaired) electrons. The molecule has 4 aromatic rings. The molecule has 5 unspecified atom stereocenters. The standard InChI is InChI=1S/C45H59N5O5S4.C19H28O2S3.C12H22O2S2.2ClH/c1-32(46)15-13-29-57-58-30-28-53-26-14-24-47-43(52)55-38-31-34-18-9-10-19-35(34)40-41(37-21-12-11-20-36(37)38)50(49-48-40)25-27-54-39(51)22-23-45(5,44(2,3)4)59-42(56)33-16-7-6-8-17-33;1-18(2,3)19(4,12-11-16(20)21-13-14-23-5)24-17(22)15-9-7-6-8-10-15;1-11(2)5-4-9-15-16-10-8-14-7-6-12(3)13;;/h6-12,16-21,38,40-41,46H,13-15,22-31H2,1-5H3,(H,47,52);6-10H,11-14H2,1-5H3;1,4-10H2,2-3H3;2*1H/p-1. The van der Waals surface area contributed by atoms with Gasteiger partial charge >= 0.3 is 18.0 Å². The van der Waals surface area contributed by atoms with Crippen LogP contribution in [-0.4, -0.2) is 140 Å². The summed E-state index contributed by atoms with van der Waals surface area (Å²) in [5, 5.41) is 20.0. The molecule has 562 valence electrons. The van der Waals surface area contributed by atoms with Gasteiger partial charge in [0.1, 0.15) is 42.9 Å². The Morgan fingerprint density at radius 3 is 1.58 bits per heavy atom. The molecular weight excluding hydrogens is 1490 g/mol. The molecule has 0 aromatic heterocycles. The number of Topliss-reactive ketones (excluding diaryl/α,β-unsaturated/α-hetero) is 1. The molecule has 2 aliphatic rings. The van der Waals surface area contributed by atoms with Gasteiger partial charge in [0.2, 0.25) is 0 Å². The van der Waals surface area contributed by atoms with Crippen LogP contribution in [0.2, 0.25) is 0 Å². The SMILES string of the molecule is C=C(C)CCCSSCCOCCC(C)=O.CC(=[NH2+])CCCSSCCOCCCNC(=O)OC1Cc2ccccc2C2N=NN(CCOC(=O)CCC(C)(SC(=S)c3ccccc3)C(C)(C)C)C2c2ccccc21.CSCCOC(=O)CCC(C)(SC(=S)c1ccccc1)C(C)(C)C.[Cl-].[Cl-]. The van der Waals surface area contributed by atoms with Crippen molar-refractivity contribution in [2.75, 3.05) is 87.8 Å². The molecule has 4 aromatic carbocycles. The molecule has 0 bridgehead atoms. The number of nitrogens with two attached hydrogens (primary N) is 1. The van der Waals surface area contributed by atoms with Gasteiger partial charge < -0.3 is 53.8 Å². The summed E-state index contributed by atoms with van der Waals surface area (Å²) in [6, 6.07) is 35.7. The van der Waals surface area contributed by atoms with Crippen LogP contribution >= 0.6 is 103 Å². The molecule has 1 aliphatic carbocycles. The number of nitrogens with zero attached hydrogens (tertiary/aromatic N) is 3. The fourth-order valence-electron chi connectivity index (χ4n) is 10.0. The van der Waals surface area contributed by atoms with Crippen LogP contribution < -0.4 is 35.5 Å². The molecule has 0 fully saturated rings. The van der Waals surface area contributed by atoms with Crippen LogP contribution in [-0.2, 0) is 44.5 Å². The van der Waals surface area contributed by atoms with Crippen molar-refractivity contribution in [3.05, 3.63) is 155 Å². The lowest BCUT2D eigenvalue weighted by Gasteiger charge is -2.41. The van der Waals surface area contributed by atoms with Gasteiger partial charge in [-0.2, -0.15) is 16.9 Å². The molecular formula is C76H110Cl2N5O9S9-. The van der Waals surface area contributed by atoms with Crippen molar-refractivity contribution in [1.82, 2.24) is 10.3 Å². The van der Waals surface area contributed by atoms with E-state index in [0.29, 0.717) is 71.6 Å². The summed E-state index contributed by atoms with van der Waals surface area (Å²) in [5.41, 5.74) is 8.18. The average Bonchev–Trinajstić information content (AvgIpc) is 1.69. The number of alkyl carbamates (subject to hydrolysis) is 1. The maximum absolute atomic E-state index is 13.2. The topological polar surface area (TPSA) is 180 Å². The van der Waals surface area contributed by atoms with Crippen molar-refractivity contribution in [2.45, 2.75) is 174 Å². The number of amides is 1. The van der Waals surface area contributed by atoms with Gasteiger partial charge in [-0.05, 0) is 117 Å². The Bertz CT molecular complexity index is 3150. The lowest BCUT2D eigenvalue weighted by molar-refractivity contribution is -0.145. The van der Waals surface area contributed by atoms with Crippen molar-refractivity contribution in [3.63, 3.8) is 0 Å². The van der Waals surface area contributed by atoms with Gasteiger partial charge in [0.05, 0.1) is 34.8 Å². The van der Waals surface area contributed by atoms with E-state index in [1.54, 1.807) is 42.2 Å². The molecule has 0 saturated heterocycles. The monoisotopic (exact) mass is 1590 g/mol. The largest absolute Gasteiger partial charge is 1.00 e. The van der Waals surface area contributed by atoms with Crippen LogP contribution in [0.5, 0.6) is 0 Å². The van der Waals surface area contributed by atoms with Crippen LogP contribution in [0.3, 0.4) is 0 Å².